The summed E-state index contributed by atoms with van der Waals surface area (Å²) in [7, 11) is 0. The van der Waals surface area contributed by atoms with Crippen LogP contribution in [0.5, 0.6) is 0 Å². The van der Waals surface area contributed by atoms with E-state index in [1.54, 1.807) is 0 Å². The minimum atomic E-state index is 1.15. The van der Waals surface area contributed by atoms with Crippen molar-refractivity contribution >= 4 is 31.7 Å². The van der Waals surface area contributed by atoms with Gasteiger partial charge in [0, 0.05) is 0 Å². The zero-order valence-corrected chi connectivity index (χ0v) is 15.0. The van der Waals surface area contributed by atoms with E-state index in [2.05, 4.69) is 78.5 Å². The molecule has 0 bridgehead atoms. The van der Waals surface area contributed by atoms with Crippen molar-refractivity contribution in [3.05, 3.63) is 113 Å². The monoisotopic (exact) mass is 387 g/mol. The van der Waals surface area contributed by atoms with Gasteiger partial charge < -0.3 is 0 Å². The molecule has 0 aliphatic carbocycles. The van der Waals surface area contributed by atoms with E-state index in [4.69, 9.17) is 0 Å². The van der Waals surface area contributed by atoms with Crippen LogP contribution < -0.4 is 0 Å². The summed E-state index contributed by atoms with van der Waals surface area (Å²) in [4.78, 5) is 0. The molecule has 3 aromatic carbocycles. The second-order valence-electron chi connectivity index (χ2n) is 4.97. The van der Waals surface area contributed by atoms with E-state index in [-0.39, 0.29) is 0 Å². The third-order valence-corrected chi connectivity index (χ3v) is 4.62. The standard InChI is InChI=1S/C21H15.Sn/c1-4-10-18(11-5-1)16-17-21(19-12-6-2-7-13-19)20-14-8-3-9-15-20;/h1-15H;. The molecule has 3 radical (unpaired) electrons. The summed E-state index contributed by atoms with van der Waals surface area (Å²) in [6, 6.07) is 31.4. The first-order valence-corrected chi connectivity index (χ1v) is 8.66. The van der Waals surface area contributed by atoms with Gasteiger partial charge in [0.25, 0.3) is 0 Å². The first-order chi connectivity index (χ1) is 10.8. The summed E-state index contributed by atoms with van der Waals surface area (Å²) >= 11 is 1.37. The molecular formula is C21H15Sn. The molecule has 0 heterocycles. The SMILES string of the molecule is [Sn][C](=C=C(c1ccccc1)c1ccccc1)c1ccccc1. The molecule has 0 nitrogen and oxygen atoms in total. The molecule has 0 atom stereocenters. The topological polar surface area (TPSA) is 0 Å². The number of rotatable bonds is 3. The molecule has 0 aromatic heterocycles. The van der Waals surface area contributed by atoms with Crippen molar-refractivity contribution in [2.45, 2.75) is 0 Å². The van der Waals surface area contributed by atoms with Gasteiger partial charge in [-0.3, -0.25) is 0 Å². The summed E-state index contributed by atoms with van der Waals surface area (Å²) in [6.45, 7) is 0. The van der Waals surface area contributed by atoms with Gasteiger partial charge in [-0.05, 0) is 0 Å². The van der Waals surface area contributed by atoms with Crippen LogP contribution >= 0.6 is 0 Å². The molecule has 3 rings (SSSR count). The van der Waals surface area contributed by atoms with E-state index in [9.17, 15) is 0 Å². The van der Waals surface area contributed by atoms with Gasteiger partial charge >= 0.3 is 145 Å². The van der Waals surface area contributed by atoms with E-state index in [1.807, 2.05) is 18.2 Å². The molecule has 1 heteroatoms. The van der Waals surface area contributed by atoms with Crippen LogP contribution in [-0.4, -0.2) is 22.5 Å². The van der Waals surface area contributed by atoms with Gasteiger partial charge in [-0.2, -0.15) is 0 Å². The van der Waals surface area contributed by atoms with Gasteiger partial charge in [0.1, 0.15) is 0 Å². The molecule has 0 saturated heterocycles. The fraction of sp³-hybridized carbons (Fsp3) is 0. The van der Waals surface area contributed by atoms with Gasteiger partial charge in [-0.15, -0.1) is 0 Å². The average Bonchev–Trinajstić information content (AvgIpc) is 2.62. The summed E-state index contributed by atoms with van der Waals surface area (Å²) in [5, 5.41) is 0. The fourth-order valence-electron chi connectivity index (χ4n) is 2.32. The summed E-state index contributed by atoms with van der Waals surface area (Å²) < 4.78 is 1.23. The maximum absolute atomic E-state index is 3.64. The third-order valence-electron chi connectivity index (χ3n) is 3.44. The summed E-state index contributed by atoms with van der Waals surface area (Å²) in [5.41, 5.74) is 8.43. The van der Waals surface area contributed by atoms with Gasteiger partial charge in [0.05, 0.1) is 0 Å². The quantitative estimate of drug-likeness (QED) is 0.443. The zero-order chi connectivity index (χ0) is 15.2. The van der Waals surface area contributed by atoms with Crippen molar-refractivity contribution in [2.75, 3.05) is 0 Å². The molecule has 0 N–H and O–H groups in total. The van der Waals surface area contributed by atoms with Crippen LogP contribution in [0.3, 0.4) is 0 Å². The first-order valence-electron chi connectivity index (χ1n) is 7.23. The molecule has 0 fully saturated rings. The maximum atomic E-state index is 3.64. The normalized spacial score (nSPS) is 9.86. The van der Waals surface area contributed by atoms with Crippen LogP contribution in [0.2, 0.25) is 0 Å². The molecule has 0 amide bonds. The number of hydrogen-bond donors (Lipinski definition) is 0. The molecule has 3 aromatic rings. The summed E-state index contributed by atoms with van der Waals surface area (Å²) in [5.74, 6) is 0. The molecule has 0 unspecified atom stereocenters. The second-order valence-corrected chi connectivity index (χ2v) is 6.40. The molecule has 0 saturated carbocycles. The van der Waals surface area contributed by atoms with E-state index in [0.717, 1.165) is 5.57 Å². The third kappa shape index (κ3) is 3.59. The molecule has 0 aliphatic heterocycles. The molecule has 0 aliphatic rings. The van der Waals surface area contributed by atoms with Crippen LogP contribution in [-0.2, 0) is 0 Å². The Kier molecular flexibility index (Phi) is 4.95. The molecule has 0 spiro atoms. The Morgan fingerprint density at radius 2 is 0.909 bits per heavy atom. The Morgan fingerprint density at radius 3 is 1.32 bits per heavy atom. The first kappa shape index (κ1) is 14.9. The van der Waals surface area contributed by atoms with Gasteiger partial charge in [-0.25, -0.2) is 0 Å². The van der Waals surface area contributed by atoms with Crippen LogP contribution in [0.1, 0.15) is 16.7 Å². The van der Waals surface area contributed by atoms with Crippen molar-refractivity contribution in [3.8, 4) is 0 Å². The molecule has 103 valence electrons. The molecule has 22 heavy (non-hydrogen) atoms. The van der Waals surface area contributed by atoms with Crippen molar-refractivity contribution in [3.63, 3.8) is 0 Å². The van der Waals surface area contributed by atoms with Crippen molar-refractivity contribution in [1.29, 1.82) is 0 Å². The van der Waals surface area contributed by atoms with Crippen molar-refractivity contribution in [2.24, 2.45) is 0 Å². The number of hydrogen-bond acceptors (Lipinski definition) is 0. The van der Waals surface area contributed by atoms with Crippen LogP contribution in [0.15, 0.2) is 96.7 Å². The van der Waals surface area contributed by atoms with Gasteiger partial charge in [0.15, 0.2) is 0 Å². The van der Waals surface area contributed by atoms with Crippen molar-refractivity contribution < 1.29 is 0 Å². The molecular weight excluding hydrogens is 371 g/mol. The Bertz CT molecular complexity index is 755. The zero-order valence-electron chi connectivity index (χ0n) is 12.2. The van der Waals surface area contributed by atoms with Gasteiger partial charge in [0.2, 0.25) is 0 Å². The Labute approximate surface area is 144 Å². The van der Waals surface area contributed by atoms with Crippen LogP contribution in [0, 0.1) is 0 Å². The van der Waals surface area contributed by atoms with Crippen LogP contribution in [0.4, 0.5) is 0 Å². The minimum absolute atomic E-state index is 1.15. The second kappa shape index (κ2) is 7.31. The fourth-order valence-corrected chi connectivity index (χ4v) is 3.16. The predicted molar refractivity (Wildman–Crippen MR) is 94.5 cm³/mol. The van der Waals surface area contributed by atoms with E-state index in [0.29, 0.717) is 0 Å². The van der Waals surface area contributed by atoms with Crippen LogP contribution in [0.25, 0.3) is 9.16 Å². The Hall–Kier alpha value is -2.02. The summed E-state index contributed by atoms with van der Waals surface area (Å²) in [6.07, 6.45) is 0. The Morgan fingerprint density at radius 1 is 0.545 bits per heavy atom. The Balaban J connectivity index is 2.20. The predicted octanol–water partition coefficient (Wildman–Crippen LogP) is 4.93. The van der Waals surface area contributed by atoms with E-state index in [1.165, 1.54) is 42.8 Å². The number of benzene rings is 3. The van der Waals surface area contributed by atoms with Gasteiger partial charge in [-0.1, -0.05) is 0 Å². The van der Waals surface area contributed by atoms with E-state index >= 15 is 0 Å². The van der Waals surface area contributed by atoms with Crippen molar-refractivity contribution in [1.82, 2.24) is 0 Å². The average molecular weight is 386 g/mol. The van der Waals surface area contributed by atoms with E-state index < -0.39 is 0 Å².